The SMILES string of the molecule is CC(F)(F)C(=O)c1cccc(Cl)c1Cl. The zero-order valence-corrected chi connectivity index (χ0v) is 8.66. The van der Waals surface area contributed by atoms with E-state index in [1.54, 1.807) is 0 Å². The maximum absolute atomic E-state index is 12.7. The van der Waals surface area contributed by atoms with Crippen molar-refractivity contribution in [3.8, 4) is 0 Å². The van der Waals surface area contributed by atoms with Gasteiger partial charge in [-0.1, -0.05) is 29.3 Å². The summed E-state index contributed by atoms with van der Waals surface area (Å²) in [6.07, 6.45) is 0. The fraction of sp³-hybridized carbons (Fsp3) is 0.222. The molecule has 14 heavy (non-hydrogen) atoms. The van der Waals surface area contributed by atoms with Crippen molar-refractivity contribution in [1.29, 1.82) is 0 Å². The number of ketones is 1. The Morgan fingerprint density at radius 1 is 1.36 bits per heavy atom. The van der Waals surface area contributed by atoms with Gasteiger partial charge in [-0.05, 0) is 12.1 Å². The minimum Gasteiger partial charge on any atom is -0.287 e. The van der Waals surface area contributed by atoms with E-state index in [0.29, 0.717) is 6.92 Å². The van der Waals surface area contributed by atoms with E-state index in [0.717, 1.165) is 0 Å². The van der Waals surface area contributed by atoms with Gasteiger partial charge in [-0.15, -0.1) is 0 Å². The average molecular weight is 239 g/mol. The summed E-state index contributed by atoms with van der Waals surface area (Å²) in [5.41, 5.74) is -0.258. The molecule has 1 aromatic rings. The van der Waals surface area contributed by atoms with Gasteiger partial charge in [0.05, 0.1) is 10.0 Å². The molecular formula is C9H6Cl2F2O. The van der Waals surface area contributed by atoms with Gasteiger partial charge in [0, 0.05) is 12.5 Å². The van der Waals surface area contributed by atoms with Crippen molar-refractivity contribution in [3.05, 3.63) is 33.8 Å². The number of hydrogen-bond acceptors (Lipinski definition) is 1. The molecule has 0 aliphatic heterocycles. The van der Waals surface area contributed by atoms with Crippen LogP contribution in [0.2, 0.25) is 10.0 Å². The number of alkyl halides is 2. The Morgan fingerprint density at radius 2 is 1.93 bits per heavy atom. The van der Waals surface area contributed by atoms with Crippen LogP contribution in [0.3, 0.4) is 0 Å². The highest BCUT2D eigenvalue weighted by molar-refractivity contribution is 6.44. The third-order valence-corrected chi connectivity index (χ3v) is 2.41. The van der Waals surface area contributed by atoms with Gasteiger partial charge in [-0.2, -0.15) is 8.78 Å². The Kier molecular flexibility index (Phi) is 3.12. The van der Waals surface area contributed by atoms with Crippen molar-refractivity contribution in [2.75, 3.05) is 0 Å². The second-order valence-electron chi connectivity index (χ2n) is 2.82. The highest BCUT2D eigenvalue weighted by Gasteiger charge is 2.34. The number of hydrogen-bond donors (Lipinski definition) is 0. The molecule has 5 heteroatoms. The molecule has 0 saturated carbocycles. The number of rotatable bonds is 2. The molecule has 1 aromatic carbocycles. The lowest BCUT2D eigenvalue weighted by Gasteiger charge is -2.10. The summed E-state index contributed by atoms with van der Waals surface area (Å²) in [5, 5.41) is -0.0533. The molecule has 0 fully saturated rings. The van der Waals surface area contributed by atoms with E-state index >= 15 is 0 Å². The van der Waals surface area contributed by atoms with Crippen LogP contribution in [-0.2, 0) is 0 Å². The molecule has 0 radical (unpaired) electrons. The van der Waals surface area contributed by atoms with Crippen molar-refractivity contribution in [2.24, 2.45) is 0 Å². The number of halogens is 4. The second kappa shape index (κ2) is 3.83. The van der Waals surface area contributed by atoms with E-state index < -0.39 is 11.7 Å². The molecule has 0 bridgehead atoms. The summed E-state index contributed by atoms with van der Waals surface area (Å²) >= 11 is 11.2. The van der Waals surface area contributed by atoms with Crippen LogP contribution in [0, 0.1) is 0 Å². The smallest absolute Gasteiger partial charge is 0.287 e. The highest BCUT2D eigenvalue weighted by Crippen LogP contribution is 2.29. The van der Waals surface area contributed by atoms with E-state index in [9.17, 15) is 13.6 Å². The maximum Gasteiger partial charge on any atom is 0.307 e. The fourth-order valence-electron chi connectivity index (χ4n) is 0.916. The van der Waals surface area contributed by atoms with Crippen molar-refractivity contribution in [2.45, 2.75) is 12.8 Å². The molecular weight excluding hydrogens is 233 g/mol. The van der Waals surface area contributed by atoms with Gasteiger partial charge < -0.3 is 0 Å². The van der Waals surface area contributed by atoms with Gasteiger partial charge in [0.25, 0.3) is 0 Å². The summed E-state index contributed by atoms with van der Waals surface area (Å²) in [5.74, 6) is -4.76. The van der Waals surface area contributed by atoms with Crippen LogP contribution < -0.4 is 0 Å². The minimum atomic E-state index is -3.44. The quantitative estimate of drug-likeness (QED) is 0.716. The van der Waals surface area contributed by atoms with Crippen LogP contribution in [0.15, 0.2) is 18.2 Å². The Hall–Kier alpha value is -0.670. The van der Waals surface area contributed by atoms with Crippen molar-refractivity contribution >= 4 is 29.0 Å². The first kappa shape index (κ1) is 11.4. The number of carbonyl (C=O) groups excluding carboxylic acids is 1. The van der Waals surface area contributed by atoms with Crippen LogP contribution in [0.5, 0.6) is 0 Å². The first-order chi connectivity index (χ1) is 6.34. The topological polar surface area (TPSA) is 17.1 Å². The predicted molar refractivity (Wildman–Crippen MR) is 51.4 cm³/mol. The van der Waals surface area contributed by atoms with Crippen LogP contribution in [0.4, 0.5) is 8.78 Å². The lowest BCUT2D eigenvalue weighted by molar-refractivity contribution is 0.0222. The normalized spacial score (nSPS) is 11.5. The molecule has 0 amide bonds. The molecule has 1 nitrogen and oxygen atoms in total. The van der Waals surface area contributed by atoms with E-state index in [-0.39, 0.29) is 15.6 Å². The van der Waals surface area contributed by atoms with Crippen molar-refractivity contribution in [3.63, 3.8) is 0 Å². The molecule has 76 valence electrons. The summed E-state index contributed by atoms with van der Waals surface area (Å²) in [6, 6.07) is 4.04. The van der Waals surface area contributed by atoms with E-state index in [1.807, 2.05) is 0 Å². The third kappa shape index (κ3) is 2.22. The molecule has 0 aliphatic carbocycles. The van der Waals surface area contributed by atoms with E-state index in [1.165, 1.54) is 18.2 Å². The summed E-state index contributed by atoms with van der Waals surface area (Å²) < 4.78 is 25.3. The largest absolute Gasteiger partial charge is 0.307 e. The highest BCUT2D eigenvalue weighted by atomic mass is 35.5. The fourth-order valence-corrected chi connectivity index (χ4v) is 1.30. The molecule has 0 unspecified atom stereocenters. The van der Waals surface area contributed by atoms with Gasteiger partial charge in [0.2, 0.25) is 5.78 Å². The molecule has 0 aliphatic rings. The third-order valence-electron chi connectivity index (χ3n) is 1.59. The lowest BCUT2D eigenvalue weighted by atomic mass is 10.1. The van der Waals surface area contributed by atoms with Crippen LogP contribution >= 0.6 is 23.2 Å². The zero-order chi connectivity index (χ0) is 10.9. The molecule has 0 atom stereocenters. The monoisotopic (exact) mass is 238 g/mol. The molecule has 0 saturated heterocycles. The average Bonchev–Trinajstić information content (AvgIpc) is 2.07. The Labute approximate surface area is 89.6 Å². The minimum absolute atomic E-state index is 0.0850. The summed E-state index contributed by atoms with van der Waals surface area (Å²) in [4.78, 5) is 11.1. The summed E-state index contributed by atoms with van der Waals surface area (Å²) in [7, 11) is 0. The number of benzene rings is 1. The Bertz CT molecular complexity index is 372. The van der Waals surface area contributed by atoms with E-state index in [2.05, 4.69) is 0 Å². The Morgan fingerprint density at radius 3 is 2.43 bits per heavy atom. The first-order valence-corrected chi connectivity index (χ1v) is 4.46. The van der Waals surface area contributed by atoms with Gasteiger partial charge in [-0.3, -0.25) is 4.79 Å². The number of carbonyl (C=O) groups is 1. The van der Waals surface area contributed by atoms with Gasteiger partial charge in [0.15, 0.2) is 0 Å². The van der Waals surface area contributed by atoms with E-state index in [4.69, 9.17) is 23.2 Å². The van der Waals surface area contributed by atoms with Gasteiger partial charge in [-0.25, -0.2) is 0 Å². The predicted octanol–water partition coefficient (Wildman–Crippen LogP) is 3.83. The lowest BCUT2D eigenvalue weighted by Crippen LogP contribution is -2.24. The summed E-state index contributed by atoms with van der Waals surface area (Å²) in [6.45, 7) is 0.520. The van der Waals surface area contributed by atoms with Crippen molar-refractivity contribution < 1.29 is 13.6 Å². The molecule has 0 heterocycles. The second-order valence-corrected chi connectivity index (χ2v) is 3.60. The van der Waals surface area contributed by atoms with Gasteiger partial charge in [0.1, 0.15) is 0 Å². The standard InChI is InChI=1S/C9H6Cl2F2O/c1-9(12,13)8(14)5-3-2-4-6(10)7(5)11/h2-4H,1H3. The maximum atomic E-state index is 12.7. The number of Topliss-reactive ketones (excluding diaryl/α,β-unsaturated/α-hetero) is 1. The van der Waals surface area contributed by atoms with Crippen molar-refractivity contribution in [1.82, 2.24) is 0 Å². The van der Waals surface area contributed by atoms with Crippen LogP contribution in [0.25, 0.3) is 0 Å². The zero-order valence-electron chi connectivity index (χ0n) is 7.15. The van der Waals surface area contributed by atoms with Crippen LogP contribution in [0.1, 0.15) is 17.3 Å². The molecule has 0 N–H and O–H groups in total. The van der Waals surface area contributed by atoms with Gasteiger partial charge >= 0.3 is 5.92 Å². The molecule has 1 rings (SSSR count). The molecule has 0 spiro atoms. The van der Waals surface area contributed by atoms with Crippen LogP contribution in [-0.4, -0.2) is 11.7 Å². The first-order valence-electron chi connectivity index (χ1n) is 3.70. The molecule has 0 aromatic heterocycles. The Balaban J connectivity index is 3.21.